The summed E-state index contributed by atoms with van der Waals surface area (Å²) in [5.74, 6) is -0.265. The van der Waals surface area contributed by atoms with Gasteiger partial charge < -0.3 is 35.6 Å². The smallest absolute Gasteiger partial charge is 0.362 e. The van der Waals surface area contributed by atoms with E-state index >= 15 is 0 Å². The molecule has 13 nitrogen and oxygen atoms in total. The number of nitrogens with two attached hydrogens (primary N) is 1. The van der Waals surface area contributed by atoms with Gasteiger partial charge in [0.15, 0.2) is 16.9 Å². The minimum Gasteiger partial charge on any atom is -0.394 e. The first kappa shape index (κ1) is 17.9. The van der Waals surface area contributed by atoms with Crippen molar-refractivity contribution in [3.8, 4) is 0 Å². The van der Waals surface area contributed by atoms with E-state index in [0.717, 1.165) is 10.9 Å². The van der Waals surface area contributed by atoms with Crippen molar-refractivity contribution in [2.45, 2.75) is 30.2 Å². The topological polar surface area (TPSA) is 217 Å². The molecule has 2 aromatic rings. The molecule has 0 spiro atoms. The van der Waals surface area contributed by atoms with Crippen LogP contribution in [0.3, 0.4) is 0 Å². The lowest BCUT2D eigenvalue weighted by Crippen LogP contribution is -2.52. The zero-order chi connectivity index (χ0) is 18.8. The van der Waals surface area contributed by atoms with Gasteiger partial charge in [-0.1, -0.05) is 0 Å². The van der Waals surface area contributed by atoms with Gasteiger partial charge in [-0.05, 0) is 6.92 Å². The molecule has 8 N–H and O–H groups in total. The maximum atomic E-state index is 11.9. The van der Waals surface area contributed by atoms with Gasteiger partial charge in [0.1, 0.15) is 12.2 Å². The molecule has 1 aliphatic rings. The molecule has 1 saturated heterocycles. The molecule has 4 atom stereocenters. The summed E-state index contributed by atoms with van der Waals surface area (Å²) in [5.41, 5.74) is 2.48. The van der Waals surface area contributed by atoms with Crippen molar-refractivity contribution in [2.24, 2.45) is 0 Å². The van der Waals surface area contributed by atoms with Crippen molar-refractivity contribution in [1.29, 1.82) is 0 Å². The predicted octanol–water partition coefficient (Wildman–Crippen LogP) is -3.01. The normalized spacial score (nSPS) is 33.2. The molecular formula is C11H16N5O8P. The van der Waals surface area contributed by atoms with Crippen LogP contribution in [0, 0.1) is 0 Å². The average Bonchev–Trinajstić information content (AvgIpc) is 3.01. The van der Waals surface area contributed by atoms with E-state index in [2.05, 4.69) is 15.0 Å². The van der Waals surface area contributed by atoms with E-state index in [4.69, 9.17) is 10.5 Å². The lowest BCUT2D eigenvalue weighted by molar-refractivity contribution is -0.132. The second-order valence-corrected chi connectivity index (χ2v) is 7.62. The number of hydrogen-bond donors (Lipinski definition) is 7. The summed E-state index contributed by atoms with van der Waals surface area (Å²) in [6.45, 7) is 0.200. The molecule has 0 aromatic carbocycles. The average molecular weight is 377 g/mol. The molecule has 0 unspecified atom stereocenters. The van der Waals surface area contributed by atoms with Crippen LogP contribution in [0.4, 0.5) is 5.95 Å². The first-order valence-electron chi connectivity index (χ1n) is 6.95. The van der Waals surface area contributed by atoms with Crippen LogP contribution in [0.5, 0.6) is 0 Å². The highest BCUT2D eigenvalue weighted by atomic mass is 31.2. The molecule has 3 heterocycles. The number of aromatic nitrogens is 4. The Morgan fingerprint density at radius 2 is 2.16 bits per heavy atom. The predicted molar refractivity (Wildman–Crippen MR) is 81.2 cm³/mol. The van der Waals surface area contributed by atoms with Gasteiger partial charge in [-0.3, -0.25) is 18.9 Å². The molecule has 2 aromatic heterocycles. The summed E-state index contributed by atoms with van der Waals surface area (Å²) in [6, 6.07) is 0. The number of nitrogens with one attached hydrogen (secondary N) is 1. The lowest BCUT2D eigenvalue weighted by Gasteiger charge is -2.33. The van der Waals surface area contributed by atoms with Crippen LogP contribution in [0.15, 0.2) is 11.1 Å². The third kappa shape index (κ3) is 2.25. The molecule has 25 heavy (non-hydrogen) atoms. The monoisotopic (exact) mass is 377 g/mol. The van der Waals surface area contributed by atoms with Crippen LogP contribution >= 0.6 is 7.60 Å². The quantitative estimate of drug-likeness (QED) is 0.267. The lowest BCUT2D eigenvalue weighted by atomic mass is 10.0. The number of nitrogens with zero attached hydrogens (tertiary/aromatic N) is 3. The highest BCUT2D eigenvalue weighted by Crippen LogP contribution is 2.60. The van der Waals surface area contributed by atoms with E-state index in [1.165, 1.54) is 6.92 Å². The molecule has 14 heteroatoms. The first-order chi connectivity index (χ1) is 11.5. The Labute approximate surface area is 138 Å². The van der Waals surface area contributed by atoms with Crippen molar-refractivity contribution >= 4 is 24.7 Å². The second kappa shape index (κ2) is 5.32. The van der Waals surface area contributed by atoms with E-state index in [-0.39, 0.29) is 17.1 Å². The minimum atomic E-state index is -5.34. The number of ether oxygens (including phenoxy) is 1. The molecule has 138 valence electrons. The standard InChI is InChI=1S/C11H16N5O8P/c1-10(8(19)11(20,25(21,22)23)4(2-17)24-10)16-3-13-5-6(16)14-9(12)15-7(5)18/h3-4,8,17,19-20H,2H2,1H3,(H2,21,22,23)(H3,12,14,15,18)/t4-,8+,10-,11+/m1/s1. The first-order valence-corrected chi connectivity index (χ1v) is 8.56. The highest BCUT2D eigenvalue weighted by molar-refractivity contribution is 7.53. The number of anilines is 1. The van der Waals surface area contributed by atoms with Crippen LogP contribution in [-0.4, -0.2) is 68.8 Å². The minimum absolute atomic E-state index is 0.144. The molecule has 1 fully saturated rings. The summed E-state index contributed by atoms with van der Waals surface area (Å²) in [6.07, 6.45) is -2.97. The molecule has 0 aliphatic carbocycles. The molecule has 3 rings (SSSR count). The number of aliphatic hydroxyl groups excluding tert-OH is 2. The van der Waals surface area contributed by atoms with E-state index in [1.807, 2.05) is 0 Å². The molecule has 0 saturated carbocycles. The zero-order valence-corrected chi connectivity index (χ0v) is 13.7. The Morgan fingerprint density at radius 1 is 1.52 bits per heavy atom. The molecule has 1 aliphatic heterocycles. The molecular weight excluding hydrogens is 361 g/mol. The van der Waals surface area contributed by atoms with Gasteiger partial charge in [0.25, 0.3) is 5.56 Å². The Hall–Kier alpha value is -1.86. The number of imidazole rings is 1. The van der Waals surface area contributed by atoms with Gasteiger partial charge in [0.2, 0.25) is 11.3 Å². The van der Waals surface area contributed by atoms with Crippen molar-refractivity contribution in [3.05, 3.63) is 16.7 Å². The number of fused-ring (bicyclic) bond motifs is 1. The molecule has 0 amide bonds. The van der Waals surface area contributed by atoms with Crippen LogP contribution in [0.25, 0.3) is 11.2 Å². The number of aromatic amines is 1. The van der Waals surface area contributed by atoms with Gasteiger partial charge in [-0.2, -0.15) is 4.98 Å². The van der Waals surface area contributed by atoms with Gasteiger partial charge in [-0.25, -0.2) is 4.98 Å². The molecule has 0 bridgehead atoms. The van der Waals surface area contributed by atoms with E-state index in [0.29, 0.717) is 0 Å². The van der Waals surface area contributed by atoms with Crippen LogP contribution in [0.2, 0.25) is 0 Å². The van der Waals surface area contributed by atoms with Gasteiger partial charge in [0, 0.05) is 0 Å². The fourth-order valence-electron chi connectivity index (χ4n) is 2.97. The third-order valence-corrected chi connectivity index (χ3v) is 5.77. The fourth-order valence-corrected chi connectivity index (χ4v) is 4.04. The number of hydrogen-bond acceptors (Lipinski definition) is 9. The van der Waals surface area contributed by atoms with E-state index in [9.17, 15) is 34.5 Å². The van der Waals surface area contributed by atoms with Crippen molar-refractivity contribution in [1.82, 2.24) is 19.5 Å². The van der Waals surface area contributed by atoms with Crippen molar-refractivity contribution in [2.75, 3.05) is 12.3 Å². The second-order valence-electron chi connectivity index (χ2n) is 5.81. The van der Waals surface area contributed by atoms with Crippen LogP contribution in [-0.2, 0) is 15.0 Å². The van der Waals surface area contributed by atoms with Crippen LogP contribution < -0.4 is 11.3 Å². The summed E-state index contributed by atoms with van der Waals surface area (Å²) >= 11 is 0. The number of aliphatic hydroxyl groups is 3. The summed E-state index contributed by atoms with van der Waals surface area (Å²) < 4.78 is 18.1. The summed E-state index contributed by atoms with van der Waals surface area (Å²) in [4.78, 5) is 40.7. The van der Waals surface area contributed by atoms with Gasteiger partial charge >= 0.3 is 7.60 Å². The van der Waals surface area contributed by atoms with Crippen molar-refractivity contribution in [3.63, 3.8) is 0 Å². The highest BCUT2D eigenvalue weighted by Gasteiger charge is 2.70. The Balaban J connectivity index is 2.24. The molecule has 0 radical (unpaired) electrons. The Morgan fingerprint density at radius 3 is 2.68 bits per heavy atom. The van der Waals surface area contributed by atoms with E-state index in [1.54, 1.807) is 0 Å². The maximum absolute atomic E-state index is 11.9. The van der Waals surface area contributed by atoms with Gasteiger partial charge in [0.05, 0.1) is 12.9 Å². The SMILES string of the molecule is C[C@@]1(n2cnc3c(=O)[nH]c(N)nc32)O[C@H](CO)[C@](O)(P(=O)(O)O)[C@H]1O. The Kier molecular flexibility index (Phi) is 3.82. The van der Waals surface area contributed by atoms with Crippen molar-refractivity contribution < 1.29 is 34.4 Å². The van der Waals surface area contributed by atoms with E-state index < -0.39 is 43.0 Å². The fraction of sp³-hybridized carbons (Fsp3) is 0.545. The van der Waals surface area contributed by atoms with Gasteiger partial charge in [-0.15, -0.1) is 0 Å². The number of rotatable bonds is 3. The number of H-pyrrole nitrogens is 1. The third-order valence-electron chi connectivity index (χ3n) is 4.30. The number of nitrogen functional groups attached to an aromatic ring is 1. The largest absolute Gasteiger partial charge is 0.394 e. The Bertz CT molecular complexity index is 938. The maximum Gasteiger partial charge on any atom is 0.362 e. The summed E-state index contributed by atoms with van der Waals surface area (Å²) in [7, 11) is -5.34. The summed E-state index contributed by atoms with van der Waals surface area (Å²) in [5, 5.41) is 27.2. The zero-order valence-electron chi connectivity index (χ0n) is 12.8. The van der Waals surface area contributed by atoms with Crippen LogP contribution in [0.1, 0.15) is 6.92 Å².